The van der Waals surface area contributed by atoms with Crippen LogP contribution in [0.25, 0.3) is 22.2 Å². The summed E-state index contributed by atoms with van der Waals surface area (Å²) < 4.78 is 31.9. The van der Waals surface area contributed by atoms with Gasteiger partial charge < -0.3 is 19.7 Å². The van der Waals surface area contributed by atoms with E-state index in [1.54, 1.807) is 35.4 Å². The van der Waals surface area contributed by atoms with E-state index in [-0.39, 0.29) is 29.6 Å². The summed E-state index contributed by atoms with van der Waals surface area (Å²) in [7, 11) is 3.97. The van der Waals surface area contributed by atoms with Crippen LogP contribution in [0.2, 0.25) is 0 Å². The maximum absolute atomic E-state index is 15.0. The number of fused-ring (bicyclic) bond motifs is 1. The number of aromatic nitrogens is 4. The highest BCUT2D eigenvalue weighted by Crippen LogP contribution is 2.32. The SMILES string of the molecule is Cc1cc2c(F)cc(-c3nc(Nc4ccc(N5CCC(N(C)C)CC5=O)cn4)ncc3F)cc2n1C(C)C. The van der Waals surface area contributed by atoms with Gasteiger partial charge in [-0.15, -0.1) is 0 Å². The number of nitrogens with zero attached hydrogens (tertiary/aromatic N) is 6. The Hall–Kier alpha value is -3.92. The number of pyridine rings is 1. The minimum atomic E-state index is -0.656. The second kappa shape index (κ2) is 10.1. The van der Waals surface area contributed by atoms with Gasteiger partial charge in [-0.25, -0.2) is 23.7 Å². The molecule has 1 aromatic carbocycles. The fourth-order valence-electron chi connectivity index (χ4n) is 5.13. The molecule has 0 radical (unpaired) electrons. The Kier molecular flexibility index (Phi) is 6.83. The standard InChI is InChI=1S/C28H31F2N7O/c1-16(2)37-17(3)10-21-22(29)11-18(12-24(21)37)27-23(30)15-32-28(34-27)33-25-7-6-20(14-31-25)36-9-8-19(35(4)5)13-26(36)38/h6-7,10-12,14-16,19H,8-9,13H2,1-5H3,(H,31,32,33,34). The zero-order valence-corrected chi connectivity index (χ0v) is 22.2. The molecule has 3 aromatic heterocycles. The molecule has 1 aliphatic rings. The van der Waals surface area contributed by atoms with Crippen molar-refractivity contribution in [3.05, 3.63) is 60.1 Å². The molecule has 4 aromatic rings. The van der Waals surface area contributed by atoms with Gasteiger partial charge in [0.05, 0.1) is 23.6 Å². The molecule has 1 unspecified atom stereocenters. The van der Waals surface area contributed by atoms with Crippen LogP contribution >= 0.6 is 0 Å². The molecule has 1 saturated heterocycles. The summed E-state index contributed by atoms with van der Waals surface area (Å²) in [4.78, 5) is 29.2. The van der Waals surface area contributed by atoms with Crippen molar-refractivity contribution in [1.82, 2.24) is 24.4 Å². The van der Waals surface area contributed by atoms with E-state index in [1.807, 2.05) is 39.4 Å². The number of hydrogen-bond donors (Lipinski definition) is 1. The third-order valence-electron chi connectivity index (χ3n) is 7.06. The summed E-state index contributed by atoms with van der Waals surface area (Å²) in [5.74, 6) is -0.467. The minimum absolute atomic E-state index is 0.0107. The number of carbonyl (C=O) groups excluding carboxylic acids is 1. The van der Waals surface area contributed by atoms with Gasteiger partial charge in [0, 0.05) is 41.7 Å². The van der Waals surface area contributed by atoms with Crippen molar-refractivity contribution in [3.8, 4) is 11.3 Å². The summed E-state index contributed by atoms with van der Waals surface area (Å²) in [5, 5.41) is 3.47. The summed E-state index contributed by atoms with van der Waals surface area (Å²) in [5.41, 5.74) is 2.63. The van der Waals surface area contributed by atoms with Crippen molar-refractivity contribution in [2.75, 3.05) is 30.9 Å². The molecule has 10 heteroatoms. The maximum Gasteiger partial charge on any atom is 0.229 e. The number of halogens is 2. The number of piperidine rings is 1. The molecular formula is C28H31F2N7O. The van der Waals surface area contributed by atoms with Gasteiger partial charge in [-0.2, -0.15) is 0 Å². The van der Waals surface area contributed by atoms with Gasteiger partial charge in [0.2, 0.25) is 11.9 Å². The molecule has 1 N–H and O–H groups in total. The minimum Gasteiger partial charge on any atom is -0.342 e. The van der Waals surface area contributed by atoms with Gasteiger partial charge in [0.1, 0.15) is 17.3 Å². The second-order valence-corrected chi connectivity index (χ2v) is 10.2. The molecule has 1 amide bonds. The predicted octanol–water partition coefficient (Wildman–Crippen LogP) is 5.46. The molecule has 1 fully saturated rings. The van der Waals surface area contributed by atoms with Crippen molar-refractivity contribution in [2.45, 2.75) is 45.7 Å². The van der Waals surface area contributed by atoms with Gasteiger partial charge >= 0.3 is 0 Å². The summed E-state index contributed by atoms with van der Waals surface area (Å²) >= 11 is 0. The molecule has 8 nitrogen and oxygen atoms in total. The van der Waals surface area contributed by atoms with Gasteiger partial charge in [-0.1, -0.05) is 0 Å². The van der Waals surface area contributed by atoms with E-state index in [1.165, 1.54) is 6.07 Å². The average Bonchev–Trinajstić information content (AvgIpc) is 3.22. The third-order valence-corrected chi connectivity index (χ3v) is 7.06. The Morgan fingerprint density at radius 1 is 1.08 bits per heavy atom. The van der Waals surface area contributed by atoms with Crippen molar-refractivity contribution in [1.29, 1.82) is 0 Å². The molecule has 0 aliphatic carbocycles. The molecule has 198 valence electrons. The monoisotopic (exact) mass is 519 g/mol. The quantitative estimate of drug-likeness (QED) is 0.364. The Bertz CT molecular complexity index is 1500. The first kappa shape index (κ1) is 25.7. The second-order valence-electron chi connectivity index (χ2n) is 10.2. The summed E-state index contributed by atoms with van der Waals surface area (Å²) in [6.07, 6.45) is 4.03. The molecule has 4 heterocycles. The number of rotatable bonds is 6. The fourth-order valence-corrected chi connectivity index (χ4v) is 5.13. The Morgan fingerprint density at radius 2 is 1.87 bits per heavy atom. The lowest BCUT2D eigenvalue weighted by molar-refractivity contribution is -0.120. The molecular weight excluding hydrogens is 488 g/mol. The first-order valence-electron chi connectivity index (χ1n) is 12.7. The van der Waals surface area contributed by atoms with Crippen molar-refractivity contribution in [3.63, 3.8) is 0 Å². The van der Waals surface area contributed by atoms with Crippen LogP contribution in [0.3, 0.4) is 0 Å². The van der Waals surface area contributed by atoms with E-state index in [0.717, 1.165) is 18.3 Å². The van der Waals surface area contributed by atoms with Crippen LogP contribution in [0, 0.1) is 18.6 Å². The number of anilines is 3. The number of aryl methyl sites for hydroxylation is 1. The molecule has 38 heavy (non-hydrogen) atoms. The number of amides is 1. The highest BCUT2D eigenvalue weighted by molar-refractivity contribution is 5.94. The Morgan fingerprint density at radius 3 is 2.53 bits per heavy atom. The van der Waals surface area contributed by atoms with Gasteiger partial charge in [0.15, 0.2) is 5.82 Å². The van der Waals surface area contributed by atoms with Crippen LogP contribution < -0.4 is 10.2 Å². The zero-order chi connectivity index (χ0) is 27.1. The number of benzene rings is 1. The van der Waals surface area contributed by atoms with Crippen LogP contribution in [-0.2, 0) is 4.79 Å². The fraction of sp³-hybridized carbons (Fsp3) is 0.357. The van der Waals surface area contributed by atoms with Crippen LogP contribution in [0.4, 0.5) is 26.2 Å². The lowest BCUT2D eigenvalue weighted by atomic mass is 10.0. The highest BCUT2D eigenvalue weighted by Gasteiger charge is 2.28. The van der Waals surface area contributed by atoms with Crippen LogP contribution in [-0.4, -0.2) is 57.0 Å². The topological polar surface area (TPSA) is 79.2 Å². The predicted molar refractivity (Wildman–Crippen MR) is 145 cm³/mol. The summed E-state index contributed by atoms with van der Waals surface area (Å²) in [6, 6.07) is 8.72. The summed E-state index contributed by atoms with van der Waals surface area (Å²) in [6.45, 7) is 6.59. The number of carbonyl (C=O) groups is 1. The first-order chi connectivity index (χ1) is 18.1. The third kappa shape index (κ3) is 4.83. The van der Waals surface area contributed by atoms with E-state index in [0.29, 0.717) is 40.9 Å². The van der Waals surface area contributed by atoms with E-state index >= 15 is 4.39 Å². The van der Waals surface area contributed by atoms with E-state index in [2.05, 4.69) is 25.2 Å². The molecule has 1 aliphatic heterocycles. The average molecular weight is 520 g/mol. The van der Waals surface area contributed by atoms with Crippen LogP contribution in [0.5, 0.6) is 0 Å². The lowest BCUT2D eigenvalue weighted by Gasteiger charge is -2.34. The van der Waals surface area contributed by atoms with Crippen molar-refractivity contribution in [2.24, 2.45) is 0 Å². The largest absolute Gasteiger partial charge is 0.342 e. The number of nitrogens with one attached hydrogen (secondary N) is 1. The van der Waals surface area contributed by atoms with Crippen LogP contribution in [0.1, 0.15) is 38.4 Å². The molecule has 0 saturated carbocycles. The molecule has 0 bridgehead atoms. The van der Waals surface area contributed by atoms with E-state index in [4.69, 9.17) is 0 Å². The smallest absolute Gasteiger partial charge is 0.229 e. The lowest BCUT2D eigenvalue weighted by Crippen LogP contribution is -2.45. The van der Waals surface area contributed by atoms with Gasteiger partial charge in [0.25, 0.3) is 0 Å². The van der Waals surface area contributed by atoms with Crippen LogP contribution in [0.15, 0.2) is 42.7 Å². The highest BCUT2D eigenvalue weighted by atomic mass is 19.1. The molecule has 5 rings (SSSR count). The first-order valence-corrected chi connectivity index (χ1v) is 12.7. The Labute approximate surface area is 220 Å². The zero-order valence-electron chi connectivity index (χ0n) is 22.2. The van der Waals surface area contributed by atoms with Crippen molar-refractivity contribution >= 4 is 34.3 Å². The van der Waals surface area contributed by atoms with E-state index < -0.39 is 11.6 Å². The van der Waals surface area contributed by atoms with Crippen molar-refractivity contribution < 1.29 is 13.6 Å². The van der Waals surface area contributed by atoms with E-state index in [9.17, 15) is 9.18 Å². The molecule has 1 atom stereocenters. The van der Waals surface area contributed by atoms with Gasteiger partial charge in [-0.3, -0.25) is 4.79 Å². The maximum atomic E-state index is 15.0. The normalized spacial score (nSPS) is 16.2. The molecule has 0 spiro atoms. The number of hydrogen-bond acceptors (Lipinski definition) is 6. The Balaban J connectivity index is 1.39. The van der Waals surface area contributed by atoms with Gasteiger partial charge in [-0.05, 0) is 71.6 Å².